The average Bonchev–Trinajstić information content (AvgIpc) is 2.89. The molecule has 0 aliphatic rings. The van der Waals surface area contributed by atoms with Gasteiger partial charge in [0.05, 0.1) is 13.4 Å². The molecule has 1 atom stereocenters. The number of hydrogen-bond acceptors (Lipinski definition) is 3. The van der Waals surface area contributed by atoms with Crippen LogP contribution in [-0.2, 0) is 6.42 Å². The molecule has 2 aromatic rings. The number of methoxy groups -OCH3 is 1. The molecule has 0 saturated heterocycles. The smallest absolute Gasteiger partial charge is 0.165 e. The van der Waals surface area contributed by atoms with E-state index >= 15 is 0 Å². The molecule has 0 aliphatic carbocycles. The molecule has 1 heterocycles. The van der Waals surface area contributed by atoms with Gasteiger partial charge < -0.3 is 14.9 Å². The van der Waals surface area contributed by atoms with Gasteiger partial charge in [0.2, 0.25) is 0 Å². The van der Waals surface area contributed by atoms with E-state index in [9.17, 15) is 4.39 Å². The third-order valence-electron chi connectivity index (χ3n) is 2.89. The minimum Gasteiger partial charge on any atom is -0.494 e. The molecule has 18 heavy (non-hydrogen) atoms. The van der Waals surface area contributed by atoms with Crippen LogP contribution in [0, 0.1) is 5.82 Å². The molecule has 0 aliphatic heterocycles. The molecule has 2 rings (SSSR count). The van der Waals surface area contributed by atoms with Crippen molar-refractivity contribution in [3.63, 3.8) is 0 Å². The minimum absolute atomic E-state index is 0.212. The number of halogens is 1. The molecule has 0 amide bonds. The molecule has 1 aromatic heterocycles. The normalized spacial score (nSPS) is 12.4. The Morgan fingerprint density at radius 3 is 2.83 bits per heavy atom. The Morgan fingerprint density at radius 1 is 1.39 bits per heavy atom. The largest absolute Gasteiger partial charge is 0.494 e. The molecule has 2 N–H and O–H groups in total. The zero-order valence-corrected chi connectivity index (χ0v) is 10.2. The second-order valence-electron chi connectivity index (χ2n) is 4.12. The van der Waals surface area contributed by atoms with Gasteiger partial charge >= 0.3 is 0 Å². The Labute approximate surface area is 105 Å². The van der Waals surface area contributed by atoms with Crippen molar-refractivity contribution in [1.29, 1.82) is 0 Å². The molecule has 1 unspecified atom stereocenters. The summed E-state index contributed by atoms with van der Waals surface area (Å²) in [4.78, 5) is 0. The highest BCUT2D eigenvalue weighted by Crippen LogP contribution is 2.23. The maximum Gasteiger partial charge on any atom is 0.165 e. The molecule has 0 fully saturated rings. The summed E-state index contributed by atoms with van der Waals surface area (Å²) in [5, 5.41) is 0. The predicted octanol–water partition coefficient (Wildman–Crippen LogP) is 3.06. The fraction of sp³-hybridized carbons (Fsp3) is 0.286. The number of hydrogen-bond donors (Lipinski definition) is 1. The summed E-state index contributed by atoms with van der Waals surface area (Å²) in [5.41, 5.74) is 6.79. The standard InChI is InChI=1S/C14H16FNO2/c1-17-14-7-4-10(9-12(14)15)13(16)6-5-11-3-2-8-18-11/h2-4,7-9,13H,5-6,16H2,1H3. The van der Waals surface area contributed by atoms with Crippen LogP contribution in [0.25, 0.3) is 0 Å². The van der Waals surface area contributed by atoms with E-state index in [1.807, 2.05) is 12.1 Å². The number of furan rings is 1. The summed E-state index contributed by atoms with van der Waals surface area (Å²) in [7, 11) is 1.44. The molecule has 1 aromatic carbocycles. The lowest BCUT2D eigenvalue weighted by molar-refractivity contribution is 0.385. The fourth-order valence-electron chi connectivity index (χ4n) is 1.83. The number of benzene rings is 1. The number of nitrogens with two attached hydrogens (primary N) is 1. The molecule has 0 spiro atoms. The van der Waals surface area contributed by atoms with Gasteiger partial charge in [0, 0.05) is 12.5 Å². The molecule has 0 bridgehead atoms. The van der Waals surface area contributed by atoms with E-state index in [0.29, 0.717) is 6.42 Å². The highest BCUT2D eigenvalue weighted by molar-refractivity contribution is 5.30. The van der Waals surface area contributed by atoms with Gasteiger partial charge in [-0.15, -0.1) is 0 Å². The molecule has 3 nitrogen and oxygen atoms in total. The van der Waals surface area contributed by atoms with E-state index < -0.39 is 0 Å². The second kappa shape index (κ2) is 5.69. The van der Waals surface area contributed by atoms with E-state index in [0.717, 1.165) is 17.7 Å². The summed E-state index contributed by atoms with van der Waals surface area (Å²) in [6.45, 7) is 0. The average molecular weight is 249 g/mol. The number of ether oxygens (including phenoxy) is 1. The SMILES string of the molecule is COc1ccc(C(N)CCc2ccco2)cc1F. The van der Waals surface area contributed by atoms with Crippen LogP contribution in [0.4, 0.5) is 4.39 Å². The summed E-state index contributed by atoms with van der Waals surface area (Å²) >= 11 is 0. The van der Waals surface area contributed by atoms with Gasteiger partial charge in [-0.3, -0.25) is 0 Å². The fourth-order valence-corrected chi connectivity index (χ4v) is 1.83. The zero-order valence-electron chi connectivity index (χ0n) is 10.2. The first-order chi connectivity index (χ1) is 8.70. The van der Waals surface area contributed by atoms with Crippen LogP contribution in [0.1, 0.15) is 23.8 Å². The molecule has 0 radical (unpaired) electrons. The Kier molecular flexibility index (Phi) is 3.99. The van der Waals surface area contributed by atoms with E-state index in [2.05, 4.69) is 0 Å². The van der Waals surface area contributed by atoms with Crippen molar-refractivity contribution in [1.82, 2.24) is 0 Å². The first-order valence-corrected chi connectivity index (χ1v) is 5.82. The zero-order chi connectivity index (χ0) is 13.0. The Balaban J connectivity index is 2.00. The summed E-state index contributed by atoms with van der Waals surface area (Å²) in [6, 6.07) is 8.34. The van der Waals surface area contributed by atoms with Gasteiger partial charge in [-0.25, -0.2) is 4.39 Å². The second-order valence-corrected chi connectivity index (χ2v) is 4.12. The van der Waals surface area contributed by atoms with Gasteiger partial charge in [-0.1, -0.05) is 6.07 Å². The maximum atomic E-state index is 13.5. The summed E-state index contributed by atoms with van der Waals surface area (Å²) in [6.07, 6.45) is 3.08. The Morgan fingerprint density at radius 2 is 2.22 bits per heavy atom. The van der Waals surface area contributed by atoms with Crippen LogP contribution in [-0.4, -0.2) is 7.11 Å². The van der Waals surface area contributed by atoms with Crippen LogP contribution in [0.15, 0.2) is 41.0 Å². The van der Waals surface area contributed by atoms with Gasteiger partial charge in [0.15, 0.2) is 11.6 Å². The molecule has 96 valence electrons. The third-order valence-corrected chi connectivity index (χ3v) is 2.89. The van der Waals surface area contributed by atoms with E-state index in [-0.39, 0.29) is 17.6 Å². The topological polar surface area (TPSA) is 48.4 Å². The first kappa shape index (κ1) is 12.6. The van der Waals surface area contributed by atoms with E-state index in [4.69, 9.17) is 14.9 Å². The predicted molar refractivity (Wildman–Crippen MR) is 66.9 cm³/mol. The highest BCUT2D eigenvalue weighted by Gasteiger charge is 2.10. The van der Waals surface area contributed by atoms with Gasteiger partial charge in [0.25, 0.3) is 0 Å². The van der Waals surface area contributed by atoms with Crippen LogP contribution in [0.3, 0.4) is 0 Å². The van der Waals surface area contributed by atoms with E-state index in [1.165, 1.54) is 13.2 Å². The Hall–Kier alpha value is -1.81. The quantitative estimate of drug-likeness (QED) is 0.886. The third kappa shape index (κ3) is 2.90. The number of rotatable bonds is 5. The lowest BCUT2D eigenvalue weighted by Crippen LogP contribution is -2.11. The van der Waals surface area contributed by atoms with Crippen LogP contribution in [0.2, 0.25) is 0 Å². The molecule has 4 heteroatoms. The summed E-state index contributed by atoms with van der Waals surface area (Å²) in [5.74, 6) is 0.736. The van der Waals surface area contributed by atoms with Crippen molar-refractivity contribution in [2.45, 2.75) is 18.9 Å². The molecular formula is C14H16FNO2. The van der Waals surface area contributed by atoms with Gasteiger partial charge in [-0.05, 0) is 36.2 Å². The summed E-state index contributed by atoms with van der Waals surface area (Å²) < 4.78 is 23.6. The van der Waals surface area contributed by atoms with Crippen LogP contribution < -0.4 is 10.5 Å². The molecule has 0 saturated carbocycles. The molecular weight excluding hydrogens is 233 g/mol. The lowest BCUT2D eigenvalue weighted by atomic mass is 10.0. The maximum absolute atomic E-state index is 13.5. The van der Waals surface area contributed by atoms with Gasteiger partial charge in [-0.2, -0.15) is 0 Å². The van der Waals surface area contributed by atoms with Crippen molar-refractivity contribution < 1.29 is 13.5 Å². The van der Waals surface area contributed by atoms with Crippen molar-refractivity contribution >= 4 is 0 Å². The number of aryl methyl sites for hydroxylation is 1. The van der Waals surface area contributed by atoms with Gasteiger partial charge in [0.1, 0.15) is 5.76 Å². The van der Waals surface area contributed by atoms with Crippen molar-refractivity contribution in [3.05, 3.63) is 53.7 Å². The first-order valence-electron chi connectivity index (χ1n) is 5.82. The minimum atomic E-state index is -0.386. The van der Waals surface area contributed by atoms with Crippen LogP contribution >= 0.6 is 0 Å². The van der Waals surface area contributed by atoms with Crippen molar-refractivity contribution in [3.8, 4) is 5.75 Å². The monoisotopic (exact) mass is 249 g/mol. The van der Waals surface area contributed by atoms with Crippen LogP contribution in [0.5, 0.6) is 5.75 Å². The lowest BCUT2D eigenvalue weighted by Gasteiger charge is -2.12. The Bertz CT molecular complexity index is 497. The highest BCUT2D eigenvalue weighted by atomic mass is 19.1. The van der Waals surface area contributed by atoms with E-state index in [1.54, 1.807) is 18.4 Å². The van der Waals surface area contributed by atoms with Crippen molar-refractivity contribution in [2.24, 2.45) is 5.73 Å². The van der Waals surface area contributed by atoms with Crippen molar-refractivity contribution in [2.75, 3.05) is 7.11 Å².